The Hall–Kier alpha value is -2.96. The average Bonchev–Trinajstić information content (AvgIpc) is 2.98. The number of aromatic hydroxyl groups is 1. The van der Waals surface area contributed by atoms with Crippen molar-refractivity contribution in [3.8, 4) is 34.6 Å². The lowest BCUT2D eigenvalue weighted by Gasteiger charge is -1.96. The summed E-state index contributed by atoms with van der Waals surface area (Å²) in [7, 11) is 1.51. The maximum absolute atomic E-state index is 9.24. The third-order valence-electron chi connectivity index (χ3n) is 2.62. The van der Waals surface area contributed by atoms with Crippen LogP contribution in [0.2, 0.25) is 0 Å². The summed E-state index contributed by atoms with van der Waals surface area (Å²) in [5.74, 6) is 1.27. The zero-order valence-corrected chi connectivity index (χ0v) is 10.5. The van der Waals surface area contributed by atoms with Crippen molar-refractivity contribution in [2.75, 3.05) is 7.11 Å². The highest BCUT2D eigenvalue weighted by atomic mass is 16.5. The maximum Gasteiger partial charge on any atom is 0.258 e. The van der Waals surface area contributed by atoms with Gasteiger partial charge >= 0.3 is 0 Å². The van der Waals surface area contributed by atoms with Crippen LogP contribution in [0.15, 0.2) is 40.9 Å². The molecule has 0 amide bonds. The summed E-state index contributed by atoms with van der Waals surface area (Å²) < 4.78 is 10.1. The number of phenols is 1. The van der Waals surface area contributed by atoms with E-state index in [9.17, 15) is 5.11 Å². The molecule has 0 aliphatic carbocycles. The molecule has 20 heavy (non-hydrogen) atoms. The van der Waals surface area contributed by atoms with Gasteiger partial charge in [0.05, 0.1) is 7.11 Å². The number of phenolic OH excluding ortho intramolecular Hbond substituents is 1. The molecule has 1 aromatic carbocycles. The summed E-state index contributed by atoms with van der Waals surface area (Å²) in [6.07, 6.45) is 0. The zero-order valence-electron chi connectivity index (χ0n) is 10.5. The van der Waals surface area contributed by atoms with E-state index in [0.29, 0.717) is 28.9 Å². The fourth-order valence-corrected chi connectivity index (χ4v) is 1.60. The molecule has 2 aromatic heterocycles. The number of benzene rings is 1. The molecule has 100 valence electrons. The molecule has 2 heterocycles. The Bertz CT molecular complexity index is 707. The predicted octanol–water partition coefficient (Wildman–Crippen LogP) is 1.91. The zero-order chi connectivity index (χ0) is 13.9. The van der Waals surface area contributed by atoms with Crippen molar-refractivity contribution in [2.24, 2.45) is 0 Å². The Balaban J connectivity index is 1.91. The first-order chi connectivity index (χ1) is 9.76. The van der Waals surface area contributed by atoms with Crippen LogP contribution in [0.3, 0.4) is 0 Å². The van der Waals surface area contributed by atoms with E-state index in [1.807, 2.05) is 0 Å². The number of rotatable bonds is 3. The molecule has 0 bridgehead atoms. The van der Waals surface area contributed by atoms with E-state index in [1.165, 1.54) is 7.11 Å². The number of methoxy groups -OCH3 is 1. The molecule has 7 nitrogen and oxygen atoms in total. The van der Waals surface area contributed by atoms with Gasteiger partial charge in [-0.1, -0.05) is 5.16 Å². The molecule has 7 heteroatoms. The summed E-state index contributed by atoms with van der Waals surface area (Å²) in [5, 5.41) is 20.9. The van der Waals surface area contributed by atoms with Gasteiger partial charge in [0.15, 0.2) is 0 Å². The van der Waals surface area contributed by atoms with Gasteiger partial charge < -0.3 is 14.4 Å². The van der Waals surface area contributed by atoms with Crippen molar-refractivity contribution in [3.63, 3.8) is 0 Å². The van der Waals surface area contributed by atoms with E-state index in [0.717, 1.165) is 0 Å². The first-order valence-corrected chi connectivity index (χ1v) is 5.77. The highest BCUT2D eigenvalue weighted by molar-refractivity contribution is 5.57. The number of aromatic nitrogens is 4. The molecule has 0 radical (unpaired) electrons. The number of ether oxygens (including phenoxy) is 1. The van der Waals surface area contributed by atoms with Gasteiger partial charge in [0.2, 0.25) is 11.7 Å². The van der Waals surface area contributed by atoms with Crippen LogP contribution in [0.25, 0.3) is 23.0 Å². The van der Waals surface area contributed by atoms with Crippen molar-refractivity contribution >= 4 is 0 Å². The van der Waals surface area contributed by atoms with Gasteiger partial charge in [-0.25, -0.2) is 0 Å². The van der Waals surface area contributed by atoms with E-state index in [1.54, 1.807) is 36.4 Å². The van der Waals surface area contributed by atoms with Crippen LogP contribution in [-0.4, -0.2) is 32.6 Å². The van der Waals surface area contributed by atoms with Crippen LogP contribution in [0.1, 0.15) is 0 Å². The SMILES string of the molecule is COc1ccc(-c2noc(-c3ccc(O)cc3)n2)nn1. The smallest absolute Gasteiger partial charge is 0.258 e. The third kappa shape index (κ3) is 2.28. The van der Waals surface area contributed by atoms with Gasteiger partial charge in [-0.05, 0) is 30.3 Å². The molecule has 0 aliphatic rings. The third-order valence-corrected chi connectivity index (χ3v) is 2.62. The monoisotopic (exact) mass is 270 g/mol. The van der Waals surface area contributed by atoms with Gasteiger partial charge in [-0.15, -0.1) is 10.2 Å². The first kappa shape index (κ1) is 12.1. The Kier molecular flexibility index (Phi) is 3.00. The molecule has 0 atom stereocenters. The van der Waals surface area contributed by atoms with Gasteiger partial charge in [0.25, 0.3) is 5.89 Å². The molecule has 3 rings (SSSR count). The van der Waals surface area contributed by atoms with E-state index in [2.05, 4.69) is 20.3 Å². The van der Waals surface area contributed by atoms with Crippen molar-refractivity contribution in [3.05, 3.63) is 36.4 Å². The molecule has 0 aliphatic heterocycles. The fraction of sp³-hybridized carbons (Fsp3) is 0.0769. The average molecular weight is 270 g/mol. The highest BCUT2D eigenvalue weighted by Gasteiger charge is 2.12. The molecule has 0 spiro atoms. The second-order valence-corrected chi connectivity index (χ2v) is 3.93. The normalized spacial score (nSPS) is 10.4. The summed E-state index contributed by atoms with van der Waals surface area (Å²) in [6, 6.07) is 9.83. The Labute approximate surface area is 113 Å². The van der Waals surface area contributed by atoms with Crippen LogP contribution in [0.4, 0.5) is 0 Å². The lowest BCUT2D eigenvalue weighted by atomic mass is 10.2. The van der Waals surface area contributed by atoms with E-state index in [-0.39, 0.29) is 5.75 Å². The van der Waals surface area contributed by atoms with E-state index < -0.39 is 0 Å². The van der Waals surface area contributed by atoms with Crippen molar-refractivity contribution in [2.45, 2.75) is 0 Å². The summed E-state index contributed by atoms with van der Waals surface area (Å²) in [6.45, 7) is 0. The molecule has 0 saturated heterocycles. The first-order valence-electron chi connectivity index (χ1n) is 5.77. The topological polar surface area (TPSA) is 94.2 Å². The molecular formula is C13H10N4O3. The summed E-state index contributed by atoms with van der Waals surface area (Å²) in [5.41, 5.74) is 1.20. The molecule has 1 N–H and O–H groups in total. The quantitative estimate of drug-likeness (QED) is 0.776. The number of hydrogen-bond donors (Lipinski definition) is 1. The minimum atomic E-state index is 0.175. The Morgan fingerprint density at radius 3 is 2.50 bits per heavy atom. The lowest BCUT2D eigenvalue weighted by molar-refractivity contribution is 0.392. The highest BCUT2D eigenvalue weighted by Crippen LogP contribution is 2.22. The van der Waals surface area contributed by atoms with E-state index in [4.69, 9.17) is 9.26 Å². The van der Waals surface area contributed by atoms with Crippen LogP contribution in [0.5, 0.6) is 11.6 Å². The van der Waals surface area contributed by atoms with Gasteiger partial charge in [0, 0.05) is 11.6 Å². The Morgan fingerprint density at radius 1 is 1.05 bits per heavy atom. The van der Waals surface area contributed by atoms with Gasteiger partial charge in [0.1, 0.15) is 11.4 Å². The van der Waals surface area contributed by atoms with Gasteiger partial charge in [-0.2, -0.15) is 4.98 Å². The van der Waals surface area contributed by atoms with Crippen LogP contribution in [-0.2, 0) is 0 Å². The minimum Gasteiger partial charge on any atom is -0.508 e. The van der Waals surface area contributed by atoms with E-state index >= 15 is 0 Å². The summed E-state index contributed by atoms with van der Waals surface area (Å²) in [4.78, 5) is 4.23. The summed E-state index contributed by atoms with van der Waals surface area (Å²) >= 11 is 0. The minimum absolute atomic E-state index is 0.175. The second kappa shape index (κ2) is 4.96. The van der Waals surface area contributed by atoms with Crippen molar-refractivity contribution in [1.29, 1.82) is 0 Å². The molecular weight excluding hydrogens is 260 g/mol. The second-order valence-electron chi connectivity index (χ2n) is 3.93. The van der Waals surface area contributed by atoms with Crippen LogP contribution >= 0.6 is 0 Å². The Morgan fingerprint density at radius 2 is 1.85 bits per heavy atom. The van der Waals surface area contributed by atoms with Crippen LogP contribution < -0.4 is 4.74 Å². The van der Waals surface area contributed by atoms with Crippen molar-refractivity contribution < 1.29 is 14.4 Å². The standard InChI is InChI=1S/C13H10N4O3/c1-19-11-7-6-10(15-16-11)12-14-13(20-17-12)8-2-4-9(18)5-3-8/h2-7,18H,1H3. The largest absolute Gasteiger partial charge is 0.508 e. The molecule has 0 fully saturated rings. The molecule has 3 aromatic rings. The molecule has 0 saturated carbocycles. The number of nitrogens with zero attached hydrogens (tertiary/aromatic N) is 4. The predicted molar refractivity (Wildman–Crippen MR) is 69.0 cm³/mol. The fourth-order valence-electron chi connectivity index (χ4n) is 1.60. The number of hydrogen-bond acceptors (Lipinski definition) is 7. The lowest BCUT2D eigenvalue weighted by Crippen LogP contribution is -1.93. The molecule has 0 unspecified atom stereocenters. The maximum atomic E-state index is 9.24. The van der Waals surface area contributed by atoms with Crippen molar-refractivity contribution in [1.82, 2.24) is 20.3 Å². The van der Waals surface area contributed by atoms with Crippen LogP contribution in [0, 0.1) is 0 Å². The van der Waals surface area contributed by atoms with Gasteiger partial charge in [-0.3, -0.25) is 0 Å².